The SMILES string of the molecule is CCOc1cccc(/C=C2/N=C(C)OC2=O)c1. The van der Waals surface area contributed by atoms with E-state index in [0.717, 1.165) is 11.3 Å². The summed E-state index contributed by atoms with van der Waals surface area (Å²) in [5, 5.41) is 0. The van der Waals surface area contributed by atoms with Crippen LogP contribution in [0.4, 0.5) is 0 Å². The summed E-state index contributed by atoms with van der Waals surface area (Å²) in [7, 11) is 0. The number of hydrogen-bond donors (Lipinski definition) is 0. The molecule has 0 radical (unpaired) electrons. The van der Waals surface area contributed by atoms with Crippen LogP contribution in [0.25, 0.3) is 6.08 Å². The van der Waals surface area contributed by atoms with Gasteiger partial charge in [-0.15, -0.1) is 0 Å². The number of aliphatic imine (C=N–C) groups is 1. The molecule has 0 aliphatic carbocycles. The largest absolute Gasteiger partial charge is 0.494 e. The van der Waals surface area contributed by atoms with Crippen molar-refractivity contribution in [3.63, 3.8) is 0 Å². The van der Waals surface area contributed by atoms with Crippen LogP contribution in [-0.4, -0.2) is 18.5 Å². The van der Waals surface area contributed by atoms with Crippen molar-refractivity contribution in [1.82, 2.24) is 0 Å². The molecule has 4 nitrogen and oxygen atoms in total. The monoisotopic (exact) mass is 231 g/mol. The van der Waals surface area contributed by atoms with Crippen LogP contribution >= 0.6 is 0 Å². The molecule has 17 heavy (non-hydrogen) atoms. The molecule has 0 bridgehead atoms. The third-order valence-corrected chi connectivity index (χ3v) is 2.20. The van der Waals surface area contributed by atoms with Crippen LogP contribution < -0.4 is 4.74 Å². The van der Waals surface area contributed by atoms with Gasteiger partial charge in [0.1, 0.15) is 5.75 Å². The zero-order valence-electron chi connectivity index (χ0n) is 9.77. The second kappa shape index (κ2) is 4.82. The fourth-order valence-corrected chi connectivity index (χ4v) is 1.53. The first-order valence-corrected chi connectivity index (χ1v) is 5.41. The van der Waals surface area contributed by atoms with Crippen LogP contribution in [0.1, 0.15) is 19.4 Å². The number of esters is 1. The lowest BCUT2D eigenvalue weighted by Gasteiger charge is -2.03. The number of carbonyl (C=O) groups excluding carboxylic acids is 1. The molecule has 0 amide bonds. The van der Waals surface area contributed by atoms with Crippen LogP contribution in [0.3, 0.4) is 0 Å². The van der Waals surface area contributed by atoms with Gasteiger partial charge in [0.05, 0.1) is 6.61 Å². The van der Waals surface area contributed by atoms with Crippen molar-refractivity contribution < 1.29 is 14.3 Å². The maximum Gasteiger partial charge on any atom is 0.363 e. The van der Waals surface area contributed by atoms with Gasteiger partial charge in [0, 0.05) is 6.92 Å². The van der Waals surface area contributed by atoms with E-state index in [2.05, 4.69) is 4.99 Å². The number of rotatable bonds is 3. The number of hydrogen-bond acceptors (Lipinski definition) is 4. The quantitative estimate of drug-likeness (QED) is 0.592. The highest BCUT2D eigenvalue weighted by atomic mass is 16.6. The summed E-state index contributed by atoms with van der Waals surface area (Å²) in [5.74, 6) is 0.737. The summed E-state index contributed by atoms with van der Waals surface area (Å²) in [6.07, 6.45) is 1.68. The lowest BCUT2D eigenvalue weighted by atomic mass is 10.2. The average molecular weight is 231 g/mol. The van der Waals surface area contributed by atoms with E-state index in [1.165, 1.54) is 0 Å². The lowest BCUT2D eigenvalue weighted by Crippen LogP contribution is -1.99. The van der Waals surface area contributed by atoms with Crippen LogP contribution in [0.15, 0.2) is 35.0 Å². The standard InChI is InChI=1S/C13H13NO3/c1-3-16-11-6-4-5-10(7-11)8-12-13(15)17-9(2)14-12/h4-8H,3H2,1-2H3/b12-8+. The van der Waals surface area contributed by atoms with Gasteiger partial charge in [-0.2, -0.15) is 0 Å². The molecule has 0 saturated heterocycles. The molecule has 0 atom stereocenters. The molecule has 2 rings (SSSR count). The van der Waals surface area contributed by atoms with Crippen molar-refractivity contribution in [3.05, 3.63) is 35.5 Å². The highest BCUT2D eigenvalue weighted by Crippen LogP contribution is 2.19. The third kappa shape index (κ3) is 2.72. The van der Waals surface area contributed by atoms with Crippen LogP contribution in [-0.2, 0) is 9.53 Å². The predicted molar refractivity (Wildman–Crippen MR) is 64.8 cm³/mol. The van der Waals surface area contributed by atoms with E-state index in [9.17, 15) is 4.79 Å². The minimum Gasteiger partial charge on any atom is -0.494 e. The van der Waals surface area contributed by atoms with Gasteiger partial charge in [-0.3, -0.25) is 0 Å². The Hall–Kier alpha value is -2.10. The van der Waals surface area contributed by atoms with E-state index < -0.39 is 5.97 Å². The summed E-state index contributed by atoms with van der Waals surface area (Å²) in [4.78, 5) is 15.4. The molecular weight excluding hydrogens is 218 g/mol. The van der Waals surface area contributed by atoms with E-state index in [-0.39, 0.29) is 0 Å². The zero-order valence-corrected chi connectivity index (χ0v) is 9.77. The van der Waals surface area contributed by atoms with Crippen molar-refractivity contribution in [2.45, 2.75) is 13.8 Å². The maximum atomic E-state index is 11.4. The molecule has 4 heteroatoms. The van der Waals surface area contributed by atoms with Gasteiger partial charge in [-0.1, -0.05) is 12.1 Å². The second-order valence-corrected chi connectivity index (χ2v) is 3.56. The molecule has 0 saturated carbocycles. The first kappa shape index (κ1) is 11.4. The van der Waals surface area contributed by atoms with E-state index in [4.69, 9.17) is 9.47 Å². The molecule has 1 aromatic carbocycles. The highest BCUT2D eigenvalue weighted by Gasteiger charge is 2.19. The molecule has 0 N–H and O–H groups in total. The Morgan fingerprint density at radius 1 is 1.47 bits per heavy atom. The van der Waals surface area contributed by atoms with Crippen LogP contribution in [0.2, 0.25) is 0 Å². The lowest BCUT2D eigenvalue weighted by molar-refractivity contribution is -0.130. The number of cyclic esters (lactones) is 1. The van der Waals surface area contributed by atoms with Crippen molar-refractivity contribution in [3.8, 4) is 5.75 Å². The number of ether oxygens (including phenoxy) is 2. The highest BCUT2D eigenvalue weighted by molar-refractivity contribution is 6.06. The zero-order chi connectivity index (χ0) is 12.3. The summed E-state index contributed by atoms with van der Waals surface area (Å²) >= 11 is 0. The number of nitrogens with zero attached hydrogens (tertiary/aromatic N) is 1. The van der Waals surface area contributed by atoms with Gasteiger partial charge in [-0.25, -0.2) is 9.79 Å². The molecular formula is C13H13NO3. The van der Waals surface area contributed by atoms with Crippen molar-refractivity contribution in [1.29, 1.82) is 0 Å². The summed E-state index contributed by atoms with van der Waals surface area (Å²) in [6, 6.07) is 7.47. The molecule has 1 aromatic rings. The smallest absolute Gasteiger partial charge is 0.363 e. The van der Waals surface area contributed by atoms with Gasteiger partial charge in [0.25, 0.3) is 0 Å². The topological polar surface area (TPSA) is 47.9 Å². The summed E-state index contributed by atoms with van der Waals surface area (Å²) in [5.41, 5.74) is 1.18. The van der Waals surface area contributed by atoms with Crippen molar-refractivity contribution in [2.24, 2.45) is 4.99 Å². The summed E-state index contributed by atoms with van der Waals surface area (Å²) in [6.45, 7) is 4.18. The molecule has 1 aliphatic heterocycles. The van der Waals surface area contributed by atoms with Gasteiger partial charge in [0.15, 0.2) is 11.6 Å². The minimum absolute atomic E-state index is 0.316. The minimum atomic E-state index is -0.413. The average Bonchev–Trinajstić information content (AvgIpc) is 2.58. The Morgan fingerprint density at radius 3 is 2.94 bits per heavy atom. The van der Waals surface area contributed by atoms with Crippen LogP contribution in [0.5, 0.6) is 5.75 Å². The normalized spacial score (nSPS) is 16.9. The van der Waals surface area contributed by atoms with Crippen molar-refractivity contribution in [2.75, 3.05) is 6.61 Å². The summed E-state index contributed by atoms with van der Waals surface area (Å²) < 4.78 is 10.2. The Bertz CT molecular complexity index is 503. The molecule has 0 unspecified atom stereocenters. The van der Waals surface area contributed by atoms with Gasteiger partial charge in [0.2, 0.25) is 0 Å². The first-order chi connectivity index (χ1) is 8.19. The van der Waals surface area contributed by atoms with Gasteiger partial charge < -0.3 is 9.47 Å². The molecule has 88 valence electrons. The fourth-order valence-electron chi connectivity index (χ4n) is 1.53. The van der Waals surface area contributed by atoms with Gasteiger partial charge in [-0.05, 0) is 30.7 Å². The van der Waals surface area contributed by atoms with Gasteiger partial charge >= 0.3 is 5.97 Å². The Kier molecular flexibility index (Phi) is 3.23. The molecule has 1 heterocycles. The first-order valence-electron chi connectivity index (χ1n) is 5.41. The Balaban J connectivity index is 2.26. The second-order valence-electron chi connectivity index (χ2n) is 3.56. The Morgan fingerprint density at radius 2 is 2.29 bits per heavy atom. The predicted octanol–water partition coefficient (Wildman–Crippen LogP) is 2.40. The molecule has 0 spiro atoms. The fraction of sp³-hybridized carbons (Fsp3) is 0.231. The molecule has 1 aliphatic rings. The molecule has 0 fully saturated rings. The van der Waals surface area contributed by atoms with E-state index in [1.807, 2.05) is 31.2 Å². The van der Waals surface area contributed by atoms with Crippen molar-refractivity contribution >= 4 is 17.9 Å². The van der Waals surface area contributed by atoms with E-state index in [1.54, 1.807) is 13.0 Å². The van der Waals surface area contributed by atoms with E-state index in [0.29, 0.717) is 18.2 Å². The number of carbonyl (C=O) groups is 1. The third-order valence-electron chi connectivity index (χ3n) is 2.20. The molecule has 0 aromatic heterocycles. The number of benzene rings is 1. The Labute approximate surface area is 99.6 Å². The van der Waals surface area contributed by atoms with Crippen LogP contribution in [0, 0.1) is 0 Å². The maximum absolute atomic E-state index is 11.4. The van der Waals surface area contributed by atoms with E-state index >= 15 is 0 Å².